The molecule has 0 nitrogen and oxygen atoms in total. The Kier molecular flexibility index (Phi) is 0.455. The molecule has 1 spiro atoms. The van der Waals surface area contributed by atoms with E-state index in [1.165, 1.54) is 12.3 Å². The molecule has 0 aromatic heterocycles. The Bertz CT molecular complexity index is 214. The zero-order valence-electron chi connectivity index (χ0n) is 6.02. The highest BCUT2D eigenvalue weighted by Gasteiger charge is 2.89. The van der Waals surface area contributed by atoms with Crippen LogP contribution in [0.5, 0.6) is 0 Å². The van der Waals surface area contributed by atoms with Gasteiger partial charge in [-0.25, -0.2) is 0 Å². The van der Waals surface area contributed by atoms with Gasteiger partial charge in [-0.2, -0.15) is 0 Å². The zero-order chi connectivity index (χ0) is 6.22. The summed E-state index contributed by atoms with van der Waals surface area (Å²) in [6.45, 7) is 4.60. The number of fused-ring (bicyclic) bond motifs is 1. The minimum Gasteiger partial charge on any atom is -0.0875 e. The van der Waals surface area contributed by atoms with Gasteiger partial charge in [0.25, 0.3) is 0 Å². The van der Waals surface area contributed by atoms with Crippen LogP contribution >= 0.6 is 0 Å². The van der Waals surface area contributed by atoms with E-state index >= 15 is 0 Å². The summed E-state index contributed by atoms with van der Waals surface area (Å²) in [4.78, 5) is 0. The zero-order valence-corrected chi connectivity index (χ0v) is 6.02. The molecule has 3 saturated carbocycles. The van der Waals surface area contributed by atoms with Crippen LogP contribution in [-0.4, -0.2) is 0 Å². The molecule has 3 aliphatic carbocycles. The fourth-order valence-corrected chi connectivity index (χ4v) is 3.36. The lowest BCUT2D eigenvalue weighted by Crippen LogP contribution is -2.23. The molecule has 3 fully saturated rings. The number of hydrogen-bond acceptors (Lipinski definition) is 0. The molecule has 3 aliphatic rings. The summed E-state index contributed by atoms with van der Waals surface area (Å²) in [7, 11) is 0. The van der Waals surface area contributed by atoms with Gasteiger partial charge in [-0.1, -0.05) is 18.6 Å². The first-order chi connectivity index (χ1) is 4.33. The summed E-state index contributed by atoms with van der Waals surface area (Å²) < 4.78 is 0. The molecule has 9 heavy (non-hydrogen) atoms. The summed E-state index contributed by atoms with van der Waals surface area (Å²) in [5, 5.41) is 0. The minimum absolute atomic E-state index is 0.842. The van der Waals surface area contributed by atoms with E-state index in [-0.39, 0.29) is 0 Å². The highest BCUT2D eigenvalue weighted by atomic mass is 14.9. The third-order valence-electron chi connectivity index (χ3n) is 3.91. The molecule has 0 heteroatoms. The third kappa shape index (κ3) is 0.224. The Morgan fingerprint density at radius 3 is 2.67 bits per heavy atom. The van der Waals surface area contributed by atoms with Gasteiger partial charge in [0.05, 0.1) is 0 Å². The Balaban J connectivity index is 2.00. The van der Waals surface area contributed by atoms with Gasteiger partial charge in [0, 0.05) is 5.41 Å². The van der Waals surface area contributed by atoms with Gasteiger partial charge >= 0.3 is 0 Å². The van der Waals surface area contributed by atoms with Crippen molar-refractivity contribution in [1.82, 2.24) is 0 Å². The second kappa shape index (κ2) is 0.902. The second-order valence-corrected chi connectivity index (χ2v) is 3.90. The van der Waals surface area contributed by atoms with Crippen LogP contribution in [-0.2, 0) is 0 Å². The van der Waals surface area contributed by atoms with Gasteiger partial charge in [0.15, 0.2) is 0 Å². The predicted octanol–water partition coefficient (Wildman–Crippen LogP) is 2.22. The van der Waals surface area contributed by atoms with Crippen LogP contribution in [0.15, 0.2) is 11.6 Å². The van der Waals surface area contributed by atoms with Crippen molar-refractivity contribution < 1.29 is 0 Å². The molecule has 4 unspecified atom stereocenters. The Hall–Kier alpha value is -0.260. The fraction of sp³-hybridized carbons (Fsp3) is 0.778. The van der Waals surface area contributed by atoms with Crippen LogP contribution in [0.3, 0.4) is 0 Å². The first-order valence-electron chi connectivity index (χ1n) is 4.00. The summed E-state index contributed by atoms with van der Waals surface area (Å²) >= 11 is 0. The molecule has 48 valence electrons. The van der Waals surface area contributed by atoms with Crippen molar-refractivity contribution in [1.29, 1.82) is 0 Å². The van der Waals surface area contributed by atoms with Crippen molar-refractivity contribution in [2.45, 2.75) is 20.3 Å². The van der Waals surface area contributed by atoms with E-state index in [0.29, 0.717) is 0 Å². The maximum Gasteiger partial charge on any atom is 0.00436 e. The summed E-state index contributed by atoms with van der Waals surface area (Å²) in [6.07, 6.45) is 3.87. The fourth-order valence-electron chi connectivity index (χ4n) is 3.36. The Morgan fingerprint density at radius 2 is 2.44 bits per heavy atom. The predicted molar refractivity (Wildman–Crippen MR) is 37.0 cm³/mol. The highest BCUT2D eigenvalue weighted by molar-refractivity contribution is 5.59. The molecule has 0 aliphatic heterocycles. The van der Waals surface area contributed by atoms with Crippen LogP contribution in [0.25, 0.3) is 0 Å². The lowest BCUT2D eigenvalue weighted by molar-refractivity contribution is 0.234. The first-order valence-corrected chi connectivity index (χ1v) is 4.00. The van der Waals surface area contributed by atoms with Crippen molar-refractivity contribution in [2.75, 3.05) is 0 Å². The van der Waals surface area contributed by atoms with Crippen molar-refractivity contribution >= 4 is 0 Å². The first kappa shape index (κ1) is 4.54. The molecule has 4 atom stereocenters. The van der Waals surface area contributed by atoms with Crippen LogP contribution in [0.2, 0.25) is 0 Å². The van der Waals surface area contributed by atoms with Crippen LogP contribution < -0.4 is 0 Å². The average molecular weight is 120 g/mol. The van der Waals surface area contributed by atoms with E-state index in [2.05, 4.69) is 19.9 Å². The molecule has 3 rings (SSSR count). The smallest absolute Gasteiger partial charge is 0.00436 e. The maximum atomic E-state index is 2.41. The lowest BCUT2D eigenvalue weighted by Gasteiger charge is -2.31. The summed E-state index contributed by atoms with van der Waals surface area (Å²) in [5.74, 6) is 3.30. The number of hydrogen-bond donors (Lipinski definition) is 0. The Labute approximate surface area is 56.0 Å². The van der Waals surface area contributed by atoms with Crippen LogP contribution in [0.1, 0.15) is 20.3 Å². The largest absolute Gasteiger partial charge is 0.0875 e. The molecule has 0 aromatic rings. The minimum atomic E-state index is 0.842. The van der Waals surface area contributed by atoms with Crippen molar-refractivity contribution in [3.05, 3.63) is 11.6 Å². The van der Waals surface area contributed by atoms with E-state index in [4.69, 9.17) is 0 Å². The average Bonchev–Trinajstić information content (AvgIpc) is 2.65. The van der Waals surface area contributed by atoms with Gasteiger partial charge in [0.2, 0.25) is 0 Å². The summed E-state index contributed by atoms with van der Waals surface area (Å²) in [5.41, 5.74) is 2.64. The quantitative estimate of drug-likeness (QED) is 0.430. The highest BCUT2D eigenvalue weighted by Crippen LogP contribution is 2.95. The Morgan fingerprint density at radius 1 is 1.67 bits per heavy atom. The van der Waals surface area contributed by atoms with Gasteiger partial charge in [-0.3, -0.25) is 0 Å². The third-order valence-corrected chi connectivity index (χ3v) is 3.91. The van der Waals surface area contributed by atoms with E-state index in [1.807, 2.05) is 0 Å². The molecule has 0 heterocycles. The molecular weight excluding hydrogens is 108 g/mol. The lowest BCUT2D eigenvalue weighted by atomic mass is 9.73. The van der Waals surface area contributed by atoms with Gasteiger partial charge in [-0.15, -0.1) is 0 Å². The number of rotatable bonds is 0. The molecular formula is C9H12. The van der Waals surface area contributed by atoms with Crippen molar-refractivity contribution in [3.8, 4) is 0 Å². The van der Waals surface area contributed by atoms with E-state index in [9.17, 15) is 0 Å². The normalized spacial score (nSPS) is 70.4. The van der Waals surface area contributed by atoms with E-state index in [0.717, 1.165) is 17.3 Å². The molecule has 0 saturated heterocycles. The monoisotopic (exact) mass is 120 g/mol. The molecule has 0 bridgehead atoms. The van der Waals surface area contributed by atoms with Crippen LogP contribution in [0, 0.1) is 23.2 Å². The van der Waals surface area contributed by atoms with Gasteiger partial charge in [0.1, 0.15) is 0 Å². The standard InChI is InChI=1S/C9H12/c1-3-6-8-7-4-5(2)9(6,7)8/h3,5,7-8H,4H2,1-2H3. The molecule has 0 radical (unpaired) electrons. The maximum absolute atomic E-state index is 2.41. The van der Waals surface area contributed by atoms with Crippen molar-refractivity contribution in [3.63, 3.8) is 0 Å². The second-order valence-electron chi connectivity index (χ2n) is 3.90. The van der Waals surface area contributed by atoms with E-state index in [1.54, 1.807) is 5.57 Å². The van der Waals surface area contributed by atoms with E-state index < -0.39 is 0 Å². The molecule has 0 amide bonds. The summed E-state index contributed by atoms with van der Waals surface area (Å²) in [6, 6.07) is 0. The number of allylic oxidation sites excluding steroid dienone is 2. The van der Waals surface area contributed by atoms with Crippen molar-refractivity contribution in [2.24, 2.45) is 23.2 Å². The van der Waals surface area contributed by atoms with Gasteiger partial charge in [-0.05, 0) is 31.1 Å². The SMILES string of the molecule is CC=C1C2C3CC(C)C132. The van der Waals surface area contributed by atoms with Gasteiger partial charge < -0.3 is 0 Å². The molecule has 0 N–H and O–H groups in total. The molecule has 0 aromatic carbocycles. The van der Waals surface area contributed by atoms with Crippen LogP contribution in [0.4, 0.5) is 0 Å². The topological polar surface area (TPSA) is 0 Å².